The van der Waals surface area contributed by atoms with E-state index in [0.29, 0.717) is 12.2 Å². The van der Waals surface area contributed by atoms with Gasteiger partial charge in [0.25, 0.3) is 5.69 Å². The first-order valence-electron chi connectivity index (χ1n) is 6.30. The molecule has 1 N–H and O–H groups in total. The Morgan fingerprint density at radius 1 is 1.40 bits per heavy atom. The molecule has 1 rings (SSSR count). The van der Waals surface area contributed by atoms with E-state index >= 15 is 0 Å². The average molecular weight is 283 g/mol. The summed E-state index contributed by atoms with van der Waals surface area (Å²) in [5.41, 5.74) is 0.216. The van der Waals surface area contributed by atoms with Crippen molar-refractivity contribution in [2.24, 2.45) is 0 Å². The van der Waals surface area contributed by atoms with Crippen molar-refractivity contribution in [2.75, 3.05) is 6.61 Å². The molecule has 0 aromatic heterocycles. The quantitative estimate of drug-likeness (QED) is 0.258. The summed E-state index contributed by atoms with van der Waals surface area (Å²) in [7, 11) is 0. The number of ether oxygens (including phenoxy) is 2. The molecule has 0 amide bonds. The normalized spacial score (nSPS) is 10.2. The molecule has 7 heteroatoms. The molecule has 0 saturated carbocycles. The summed E-state index contributed by atoms with van der Waals surface area (Å²) in [5, 5.41) is 19.3. The van der Waals surface area contributed by atoms with E-state index in [0.717, 1.165) is 19.3 Å². The van der Waals surface area contributed by atoms with Gasteiger partial charge >= 0.3 is 6.16 Å². The number of nitrogens with zero attached hydrogens (tertiary/aromatic N) is 1. The van der Waals surface area contributed by atoms with E-state index in [9.17, 15) is 14.9 Å². The Bertz CT molecular complexity index is 474. The van der Waals surface area contributed by atoms with Crippen LogP contribution in [0, 0.1) is 10.1 Å². The second kappa shape index (κ2) is 8.11. The maximum atomic E-state index is 10.7. The lowest BCUT2D eigenvalue weighted by Crippen LogP contribution is -2.07. The van der Waals surface area contributed by atoms with E-state index in [4.69, 9.17) is 9.84 Å². The summed E-state index contributed by atoms with van der Waals surface area (Å²) < 4.78 is 9.96. The Morgan fingerprint density at radius 3 is 2.75 bits per heavy atom. The lowest BCUT2D eigenvalue weighted by molar-refractivity contribution is -0.385. The van der Waals surface area contributed by atoms with Gasteiger partial charge in [-0.25, -0.2) is 4.79 Å². The lowest BCUT2D eigenvalue weighted by atomic mass is 10.2. The van der Waals surface area contributed by atoms with Gasteiger partial charge in [-0.15, -0.1) is 0 Å². The van der Waals surface area contributed by atoms with Crippen molar-refractivity contribution >= 4 is 11.8 Å². The molecule has 0 saturated heterocycles. The summed E-state index contributed by atoms with van der Waals surface area (Å²) in [5.74, 6) is 0.0543. The number of nitro groups is 1. The third-order valence-electron chi connectivity index (χ3n) is 2.60. The van der Waals surface area contributed by atoms with Crippen molar-refractivity contribution in [3.8, 4) is 5.75 Å². The van der Waals surface area contributed by atoms with Gasteiger partial charge in [-0.1, -0.05) is 19.8 Å². The van der Waals surface area contributed by atoms with Gasteiger partial charge in [-0.3, -0.25) is 10.1 Å². The van der Waals surface area contributed by atoms with Gasteiger partial charge in [0.15, 0.2) is 0 Å². The van der Waals surface area contributed by atoms with Crippen LogP contribution in [-0.2, 0) is 11.3 Å². The lowest BCUT2D eigenvalue weighted by Gasteiger charge is -2.08. The van der Waals surface area contributed by atoms with Crippen LogP contribution in [0.1, 0.15) is 31.7 Å². The zero-order valence-electron chi connectivity index (χ0n) is 11.2. The summed E-state index contributed by atoms with van der Waals surface area (Å²) in [6, 6.07) is 3.72. The third-order valence-corrected chi connectivity index (χ3v) is 2.60. The van der Waals surface area contributed by atoms with E-state index in [1.54, 1.807) is 0 Å². The standard InChI is InChI=1S/C13H17NO6/c1-2-3-4-7-19-9-10-8-11(14(17)18)5-6-12(10)20-13(15)16/h5-6,8H,2-4,7,9H2,1H3,(H,15,16). The summed E-state index contributed by atoms with van der Waals surface area (Å²) in [6.07, 6.45) is 1.52. The molecule has 1 aromatic carbocycles. The van der Waals surface area contributed by atoms with Crippen molar-refractivity contribution < 1.29 is 24.3 Å². The van der Waals surface area contributed by atoms with E-state index in [2.05, 4.69) is 11.7 Å². The molecule has 0 aliphatic rings. The Morgan fingerprint density at radius 2 is 2.15 bits per heavy atom. The number of hydrogen-bond donors (Lipinski definition) is 1. The Kier molecular flexibility index (Phi) is 6.45. The van der Waals surface area contributed by atoms with Crippen molar-refractivity contribution in [2.45, 2.75) is 32.8 Å². The van der Waals surface area contributed by atoms with Crippen molar-refractivity contribution in [1.29, 1.82) is 0 Å². The van der Waals surface area contributed by atoms with E-state index in [1.165, 1.54) is 18.2 Å². The van der Waals surface area contributed by atoms with Gasteiger partial charge in [0.05, 0.1) is 11.5 Å². The number of carbonyl (C=O) groups is 1. The van der Waals surface area contributed by atoms with E-state index in [-0.39, 0.29) is 18.0 Å². The Balaban J connectivity index is 2.74. The predicted octanol–water partition coefficient (Wildman–Crippen LogP) is 3.36. The van der Waals surface area contributed by atoms with Crippen LogP contribution in [0.15, 0.2) is 18.2 Å². The first-order valence-corrected chi connectivity index (χ1v) is 6.30. The smallest absolute Gasteiger partial charge is 0.449 e. The summed E-state index contributed by atoms with van der Waals surface area (Å²) in [4.78, 5) is 20.7. The SMILES string of the molecule is CCCCCOCc1cc([N+](=O)[O-])ccc1OC(=O)O. The molecule has 0 aliphatic carbocycles. The van der Waals surface area contributed by atoms with Crippen LogP contribution in [0.25, 0.3) is 0 Å². The molecule has 0 unspecified atom stereocenters. The fourth-order valence-corrected chi connectivity index (χ4v) is 1.62. The molecule has 0 radical (unpaired) electrons. The average Bonchev–Trinajstić information content (AvgIpc) is 2.39. The van der Waals surface area contributed by atoms with Crippen LogP contribution in [0.2, 0.25) is 0 Å². The van der Waals surface area contributed by atoms with Crippen molar-refractivity contribution in [3.63, 3.8) is 0 Å². The predicted molar refractivity (Wildman–Crippen MR) is 70.9 cm³/mol. The molecule has 0 heterocycles. The number of unbranched alkanes of at least 4 members (excludes halogenated alkanes) is 2. The van der Waals surface area contributed by atoms with Crippen molar-refractivity contribution in [1.82, 2.24) is 0 Å². The van der Waals surface area contributed by atoms with Gasteiger partial charge in [-0.05, 0) is 12.5 Å². The molecule has 0 aliphatic heterocycles. The fourth-order valence-electron chi connectivity index (χ4n) is 1.62. The highest BCUT2D eigenvalue weighted by atomic mass is 16.7. The highest BCUT2D eigenvalue weighted by molar-refractivity contribution is 5.62. The molecular weight excluding hydrogens is 266 g/mol. The second-order valence-electron chi connectivity index (χ2n) is 4.18. The van der Waals surface area contributed by atoms with Crippen LogP contribution >= 0.6 is 0 Å². The number of hydrogen-bond acceptors (Lipinski definition) is 5. The van der Waals surface area contributed by atoms with Gasteiger partial charge in [0, 0.05) is 24.3 Å². The zero-order valence-corrected chi connectivity index (χ0v) is 11.2. The van der Waals surface area contributed by atoms with Crippen LogP contribution in [0.5, 0.6) is 5.75 Å². The maximum Gasteiger partial charge on any atom is 0.511 e. The minimum atomic E-state index is -1.47. The van der Waals surface area contributed by atoms with Gasteiger partial charge < -0.3 is 14.6 Å². The topological polar surface area (TPSA) is 98.9 Å². The van der Waals surface area contributed by atoms with E-state index in [1.807, 2.05) is 0 Å². The van der Waals surface area contributed by atoms with Gasteiger partial charge in [-0.2, -0.15) is 0 Å². The van der Waals surface area contributed by atoms with Crippen molar-refractivity contribution in [3.05, 3.63) is 33.9 Å². The molecule has 20 heavy (non-hydrogen) atoms. The highest BCUT2D eigenvalue weighted by Gasteiger charge is 2.14. The molecule has 0 bridgehead atoms. The molecule has 7 nitrogen and oxygen atoms in total. The van der Waals surface area contributed by atoms with Gasteiger partial charge in [0.1, 0.15) is 5.75 Å². The molecular formula is C13H17NO6. The Labute approximate surface area is 116 Å². The van der Waals surface area contributed by atoms with E-state index < -0.39 is 11.1 Å². The number of nitro benzene ring substituents is 1. The monoisotopic (exact) mass is 283 g/mol. The number of non-ortho nitro benzene ring substituents is 1. The summed E-state index contributed by atoms with van der Waals surface area (Å²) >= 11 is 0. The Hall–Kier alpha value is -2.15. The number of benzene rings is 1. The van der Waals surface area contributed by atoms with Crippen LogP contribution < -0.4 is 4.74 Å². The highest BCUT2D eigenvalue weighted by Crippen LogP contribution is 2.25. The minimum absolute atomic E-state index is 0.0543. The van der Waals surface area contributed by atoms with Crippen LogP contribution in [0.3, 0.4) is 0 Å². The van der Waals surface area contributed by atoms with Crippen LogP contribution in [0.4, 0.5) is 10.5 Å². The second-order valence-corrected chi connectivity index (χ2v) is 4.18. The summed E-state index contributed by atoms with van der Waals surface area (Å²) in [6.45, 7) is 2.66. The molecule has 0 spiro atoms. The fraction of sp³-hybridized carbons (Fsp3) is 0.462. The molecule has 1 aromatic rings. The van der Waals surface area contributed by atoms with Crippen LogP contribution in [-0.4, -0.2) is 22.8 Å². The molecule has 0 atom stereocenters. The molecule has 110 valence electrons. The van der Waals surface area contributed by atoms with Gasteiger partial charge in [0.2, 0.25) is 0 Å². The number of rotatable bonds is 8. The first-order chi connectivity index (χ1) is 9.54. The number of carboxylic acid groups (broad SMARTS) is 1. The first kappa shape index (κ1) is 15.9. The maximum absolute atomic E-state index is 10.7. The minimum Gasteiger partial charge on any atom is -0.449 e. The largest absolute Gasteiger partial charge is 0.511 e. The third kappa shape index (κ3) is 5.23. The molecule has 0 fully saturated rings. The zero-order chi connectivity index (χ0) is 15.0.